The highest BCUT2D eigenvalue weighted by atomic mass is 19.1. The van der Waals surface area contributed by atoms with E-state index in [0.717, 1.165) is 36.1 Å². The van der Waals surface area contributed by atoms with Crippen LogP contribution in [0.1, 0.15) is 52.7 Å². The van der Waals surface area contributed by atoms with Crippen LogP contribution in [0.3, 0.4) is 0 Å². The van der Waals surface area contributed by atoms with Crippen molar-refractivity contribution in [2.75, 3.05) is 19.8 Å². The van der Waals surface area contributed by atoms with Gasteiger partial charge in [-0.25, -0.2) is 13.6 Å². The van der Waals surface area contributed by atoms with Gasteiger partial charge in [0.2, 0.25) is 0 Å². The highest BCUT2D eigenvalue weighted by Gasteiger charge is 2.61. The molecule has 0 saturated carbocycles. The molecule has 1 fully saturated rings. The summed E-state index contributed by atoms with van der Waals surface area (Å²) in [6, 6.07) is 1.08. The molecule has 1 aromatic heterocycles. The molecule has 0 amide bonds. The second-order valence-corrected chi connectivity index (χ2v) is 7.09. The van der Waals surface area contributed by atoms with Gasteiger partial charge >= 0.3 is 5.69 Å². The van der Waals surface area contributed by atoms with Crippen molar-refractivity contribution in [1.82, 2.24) is 9.55 Å². The van der Waals surface area contributed by atoms with Crippen LogP contribution in [0.5, 0.6) is 0 Å². The number of nitrogens with one attached hydrogen (secondary N) is 1. The number of aromatic amines is 1. The van der Waals surface area contributed by atoms with E-state index < -0.39 is 41.5 Å². The molecule has 1 saturated heterocycles. The molecule has 2 rings (SSSR count). The average molecular weight is 404 g/mol. The smallest absolute Gasteiger partial charge is 0.330 e. The van der Waals surface area contributed by atoms with Crippen LogP contribution >= 0.6 is 0 Å². The van der Waals surface area contributed by atoms with Gasteiger partial charge in [0.25, 0.3) is 5.56 Å². The summed E-state index contributed by atoms with van der Waals surface area (Å²) >= 11 is 0. The van der Waals surface area contributed by atoms with Gasteiger partial charge in [-0.3, -0.25) is 14.3 Å². The number of unbranched alkanes of at least 4 members (excludes halogenated alkanes) is 2. The van der Waals surface area contributed by atoms with Crippen LogP contribution in [0.25, 0.3) is 0 Å². The maximum absolute atomic E-state index is 15.4. The van der Waals surface area contributed by atoms with Crippen molar-refractivity contribution in [3.8, 4) is 0 Å². The van der Waals surface area contributed by atoms with Gasteiger partial charge in [0.15, 0.2) is 18.0 Å². The number of nitrogens with zero attached hydrogens (tertiary/aromatic N) is 1. The third kappa shape index (κ3) is 4.87. The first kappa shape index (κ1) is 22.7. The summed E-state index contributed by atoms with van der Waals surface area (Å²) in [6.07, 6.45) is -1.77. The summed E-state index contributed by atoms with van der Waals surface area (Å²) in [5, 5.41) is 0. The monoisotopic (exact) mass is 404 g/mol. The lowest BCUT2D eigenvalue weighted by atomic mass is 9.91. The molecule has 1 unspecified atom stereocenters. The van der Waals surface area contributed by atoms with Gasteiger partial charge in [-0.1, -0.05) is 26.7 Å². The Hall–Kier alpha value is -1.58. The van der Waals surface area contributed by atoms with E-state index in [0.29, 0.717) is 13.0 Å². The fourth-order valence-electron chi connectivity index (χ4n) is 3.23. The number of rotatable bonds is 11. The molecule has 160 valence electrons. The fourth-order valence-corrected chi connectivity index (χ4v) is 3.23. The lowest BCUT2D eigenvalue weighted by molar-refractivity contribution is -0.181. The topological polar surface area (TPSA) is 82.5 Å². The molecule has 0 aromatic carbocycles. The van der Waals surface area contributed by atoms with Crippen LogP contribution in [-0.4, -0.2) is 53.4 Å². The Bertz CT molecular complexity index is 723. The van der Waals surface area contributed by atoms with Gasteiger partial charge in [0.05, 0.1) is 6.61 Å². The van der Waals surface area contributed by atoms with Crippen molar-refractivity contribution in [1.29, 1.82) is 0 Å². The molecular weight excluding hydrogens is 374 g/mol. The third-order valence-corrected chi connectivity index (χ3v) is 4.95. The van der Waals surface area contributed by atoms with Gasteiger partial charge in [-0.15, -0.1) is 0 Å². The molecule has 1 aliphatic heterocycles. The van der Waals surface area contributed by atoms with E-state index >= 15 is 4.39 Å². The first-order chi connectivity index (χ1) is 13.4. The number of hydrogen-bond donors (Lipinski definition) is 1. The summed E-state index contributed by atoms with van der Waals surface area (Å²) in [5.41, 5.74) is -3.14. The number of ether oxygens (including phenoxy) is 3. The minimum Gasteiger partial charge on any atom is -0.378 e. The number of halogens is 2. The van der Waals surface area contributed by atoms with Crippen LogP contribution < -0.4 is 11.2 Å². The minimum atomic E-state index is -1.81. The zero-order valence-corrected chi connectivity index (χ0v) is 16.7. The number of H-pyrrole nitrogens is 1. The van der Waals surface area contributed by atoms with Gasteiger partial charge in [-0.05, 0) is 19.8 Å². The van der Waals surface area contributed by atoms with E-state index in [-0.39, 0.29) is 13.2 Å². The third-order valence-electron chi connectivity index (χ3n) is 4.95. The maximum atomic E-state index is 15.4. The molecule has 7 nitrogen and oxygen atoms in total. The average Bonchev–Trinajstić information content (AvgIpc) is 2.93. The summed E-state index contributed by atoms with van der Waals surface area (Å²) in [7, 11) is 0. The van der Waals surface area contributed by atoms with E-state index in [2.05, 4.69) is 4.98 Å². The molecule has 0 bridgehead atoms. The van der Waals surface area contributed by atoms with Gasteiger partial charge in [0, 0.05) is 25.5 Å². The molecule has 0 aliphatic carbocycles. The van der Waals surface area contributed by atoms with E-state index in [4.69, 9.17) is 14.2 Å². The highest BCUT2D eigenvalue weighted by molar-refractivity contribution is 5.06. The van der Waals surface area contributed by atoms with Crippen LogP contribution in [0, 0.1) is 0 Å². The maximum Gasteiger partial charge on any atom is 0.330 e. The second kappa shape index (κ2) is 10.3. The molecule has 5 atom stereocenters. The molecule has 1 aliphatic rings. The molecule has 28 heavy (non-hydrogen) atoms. The summed E-state index contributed by atoms with van der Waals surface area (Å²) in [6.45, 7) is 5.65. The van der Waals surface area contributed by atoms with Crippen molar-refractivity contribution in [3.63, 3.8) is 0 Å². The summed E-state index contributed by atoms with van der Waals surface area (Å²) < 4.78 is 48.1. The van der Waals surface area contributed by atoms with Crippen molar-refractivity contribution in [2.24, 2.45) is 0 Å². The molecule has 1 N–H and O–H groups in total. The minimum absolute atomic E-state index is 0.198. The molecule has 0 spiro atoms. The molecular formula is C19H30F2N2O5. The summed E-state index contributed by atoms with van der Waals surface area (Å²) in [5.74, 6) is 0. The molecule has 2 heterocycles. The largest absolute Gasteiger partial charge is 0.378 e. The summed E-state index contributed by atoms with van der Waals surface area (Å²) in [4.78, 5) is 25.5. The Morgan fingerprint density at radius 2 is 1.96 bits per heavy atom. The van der Waals surface area contributed by atoms with Crippen molar-refractivity contribution < 1.29 is 23.0 Å². The Labute approximate surface area is 163 Å². The number of alkyl halides is 2. The normalized spacial score (nSPS) is 28.5. The van der Waals surface area contributed by atoms with Crippen molar-refractivity contribution in [3.05, 3.63) is 33.1 Å². The van der Waals surface area contributed by atoms with E-state index in [1.165, 1.54) is 6.92 Å². The predicted octanol–water partition coefficient (Wildman–Crippen LogP) is 2.50. The Morgan fingerprint density at radius 3 is 2.57 bits per heavy atom. The van der Waals surface area contributed by atoms with Gasteiger partial charge in [0.1, 0.15) is 12.3 Å². The number of hydrogen-bond acceptors (Lipinski definition) is 5. The van der Waals surface area contributed by atoms with Crippen LogP contribution in [0.15, 0.2) is 21.9 Å². The first-order valence-corrected chi connectivity index (χ1v) is 9.84. The first-order valence-electron chi connectivity index (χ1n) is 9.84. The van der Waals surface area contributed by atoms with Gasteiger partial charge in [-0.2, -0.15) is 0 Å². The van der Waals surface area contributed by atoms with Gasteiger partial charge < -0.3 is 14.2 Å². The quantitative estimate of drug-likeness (QED) is 0.573. The Balaban J connectivity index is 2.35. The van der Waals surface area contributed by atoms with Crippen LogP contribution in [0.4, 0.5) is 8.78 Å². The van der Waals surface area contributed by atoms with Crippen LogP contribution in [0.2, 0.25) is 0 Å². The van der Waals surface area contributed by atoms with E-state index in [1.807, 2.05) is 13.8 Å². The Kier molecular flexibility index (Phi) is 8.33. The lowest BCUT2D eigenvalue weighted by Gasteiger charge is -2.35. The number of aromatic nitrogens is 2. The van der Waals surface area contributed by atoms with Crippen LogP contribution in [-0.2, 0) is 14.2 Å². The SMILES string of the molecule is CCCCOC[C@@]1(C(C)F)O[C@@H](n2ccc(=O)[nH]c2=O)[C@H](F)[C@@H]1OCCCC. The second-order valence-electron chi connectivity index (χ2n) is 7.09. The molecule has 9 heteroatoms. The zero-order valence-electron chi connectivity index (χ0n) is 16.7. The Morgan fingerprint density at radius 1 is 1.29 bits per heavy atom. The standard InChI is InChI=1S/C19H30F2N2O5/c1-4-6-10-26-12-19(13(3)20)16(27-11-7-5-2)15(21)17(28-19)23-9-8-14(24)22-18(23)25/h8-9,13,15-17H,4-7,10-12H2,1-3H3,(H,22,24,25)/t13?,15-,16+,17-,19+/m1/s1. The highest BCUT2D eigenvalue weighted by Crippen LogP contribution is 2.43. The van der Waals surface area contributed by atoms with E-state index in [1.54, 1.807) is 0 Å². The van der Waals surface area contributed by atoms with Crippen molar-refractivity contribution >= 4 is 0 Å². The predicted molar refractivity (Wildman–Crippen MR) is 100 cm³/mol. The molecule has 1 aromatic rings. The molecule has 0 radical (unpaired) electrons. The van der Waals surface area contributed by atoms with E-state index in [9.17, 15) is 14.0 Å². The lowest BCUT2D eigenvalue weighted by Crippen LogP contribution is -2.54. The zero-order chi connectivity index (χ0) is 20.7. The van der Waals surface area contributed by atoms with Crippen molar-refractivity contribution in [2.45, 2.75) is 76.7 Å². The fraction of sp³-hybridized carbons (Fsp3) is 0.789.